The first kappa shape index (κ1) is 22.5. The van der Waals surface area contributed by atoms with Crippen LogP contribution in [0.1, 0.15) is 29.5 Å². The largest absolute Gasteiger partial charge is 0.339 e. The van der Waals surface area contributed by atoms with Crippen LogP contribution in [0.2, 0.25) is 0 Å². The fourth-order valence-corrected chi connectivity index (χ4v) is 6.05. The number of aryl methyl sites for hydroxylation is 1. The Balaban J connectivity index is 1.37. The third kappa shape index (κ3) is 4.70. The first-order valence-electron chi connectivity index (χ1n) is 11.0. The number of piperazine rings is 1. The zero-order valence-corrected chi connectivity index (χ0v) is 19.1. The SMILES string of the molecule is Cc1ccc(S(=O)(=O)N2CCC[C@@H]2C(=O)N2CCN(Cc3ccc(C#N)cc3)CC2)cc1. The van der Waals surface area contributed by atoms with E-state index in [9.17, 15) is 13.2 Å². The maximum absolute atomic E-state index is 13.2. The number of rotatable bonds is 5. The van der Waals surface area contributed by atoms with Gasteiger partial charge in [-0.1, -0.05) is 29.8 Å². The van der Waals surface area contributed by atoms with Crippen LogP contribution in [0.4, 0.5) is 0 Å². The summed E-state index contributed by atoms with van der Waals surface area (Å²) in [5.41, 5.74) is 2.78. The van der Waals surface area contributed by atoms with Crippen molar-refractivity contribution in [3.63, 3.8) is 0 Å². The predicted molar refractivity (Wildman–Crippen MR) is 121 cm³/mol. The molecule has 0 aliphatic carbocycles. The highest BCUT2D eigenvalue weighted by molar-refractivity contribution is 7.89. The van der Waals surface area contributed by atoms with Crippen molar-refractivity contribution in [3.05, 3.63) is 65.2 Å². The molecule has 2 heterocycles. The average Bonchev–Trinajstić information content (AvgIpc) is 3.31. The molecule has 0 unspecified atom stereocenters. The Kier molecular flexibility index (Phi) is 6.60. The number of nitriles is 1. The summed E-state index contributed by atoms with van der Waals surface area (Å²) < 4.78 is 27.7. The maximum Gasteiger partial charge on any atom is 0.243 e. The van der Waals surface area contributed by atoms with Crippen LogP contribution in [0.3, 0.4) is 0 Å². The number of carbonyl (C=O) groups is 1. The topological polar surface area (TPSA) is 84.7 Å². The van der Waals surface area contributed by atoms with Gasteiger partial charge in [0.2, 0.25) is 15.9 Å². The zero-order valence-electron chi connectivity index (χ0n) is 18.3. The van der Waals surface area contributed by atoms with Crippen LogP contribution < -0.4 is 0 Å². The lowest BCUT2D eigenvalue weighted by atomic mass is 10.1. The quantitative estimate of drug-likeness (QED) is 0.695. The highest BCUT2D eigenvalue weighted by Crippen LogP contribution is 2.28. The predicted octanol–water partition coefficient (Wildman–Crippen LogP) is 2.36. The molecule has 8 heteroatoms. The van der Waals surface area contributed by atoms with Crippen molar-refractivity contribution >= 4 is 15.9 Å². The first-order valence-corrected chi connectivity index (χ1v) is 12.4. The van der Waals surface area contributed by atoms with Gasteiger partial charge in [0, 0.05) is 39.3 Å². The Labute approximate surface area is 189 Å². The van der Waals surface area contributed by atoms with Gasteiger partial charge in [0.05, 0.1) is 16.5 Å². The molecular formula is C24H28N4O3S. The van der Waals surface area contributed by atoms with Crippen LogP contribution in [0.5, 0.6) is 0 Å². The summed E-state index contributed by atoms with van der Waals surface area (Å²) in [4.78, 5) is 17.6. The Morgan fingerprint density at radius 1 is 1.00 bits per heavy atom. The van der Waals surface area contributed by atoms with Crippen LogP contribution in [-0.4, -0.2) is 67.2 Å². The van der Waals surface area contributed by atoms with E-state index in [1.807, 2.05) is 36.1 Å². The second-order valence-corrected chi connectivity index (χ2v) is 10.4. The van der Waals surface area contributed by atoms with Crippen LogP contribution in [0.15, 0.2) is 53.4 Å². The van der Waals surface area contributed by atoms with Crippen molar-refractivity contribution in [2.24, 2.45) is 0 Å². The van der Waals surface area contributed by atoms with Gasteiger partial charge in [0.15, 0.2) is 0 Å². The first-order chi connectivity index (χ1) is 15.4. The molecule has 32 heavy (non-hydrogen) atoms. The molecular weight excluding hydrogens is 424 g/mol. The van der Waals surface area contributed by atoms with E-state index in [4.69, 9.17) is 5.26 Å². The summed E-state index contributed by atoms with van der Waals surface area (Å²) in [6.07, 6.45) is 1.26. The Morgan fingerprint density at radius 2 is 1.66 bits per heavy atom. The fraction of sp³-hybridized carbons (Fsp3) is 0.417. The van der Waals surface area contributed by atoms with Crippen LogP contribution in [0.25, 0.3) is 0 Å². The number of amides is 1. The van der Waals surface area contributed by atoms with Gasteiger partial charge in [0.25, 0.3) is 0 Å². The number of hydrogen-bond acceptors (Lipinski definition) is 5. The summed E-state index contributed by atoms with van der Waals surface area (Å²) in [5, 5.41) is 8.93. The number of sulfonamides is 1. The molecule has 7 nitrogen and oxygen atoms in total. The van der Waals surface area contributed by atoms with Crippen molar-refractivity contribution in [2.75, 3.05) is 32.7 Å². The van der Waals surface area contributed by atoms with Gasteiger partial charge in [0.1, 0.15) is 6.04 Å². The van der Waals surface area contributed by atoms with Crippen molar-refractivity contribution in [3.8, 4) is 6.07 Å². The Morgan fingerprint density at radius 3 is 2.28 bits per heavy atom. The zero-order chi connectivity index (χ0) is 22.7. The molecule has 2 aromatic carbocycles. The lowest BCUT2D eigenvalue weighted by Gasteiger charge is -2.37. The van der Waals surface area contributed by atoms with Gasteiger partial charge in [-0.2, -0.15) is 9.57 Å². The molecule has 168 valence electrons. The molecule has 2 saturated heterocycles. The molecule has 2 fully saturated rings. The van der Waals surface area contributed by atoms with E-state index >= 15 is 0 Å². The molecule has 0 N–H and O–H groups in total. The molecule has 4 rings (SSSR count). The third-order valence-electron chi connectivity index (χ3n) is 6.29. The van der Waals surface area contributed by atoms with Crippen molar-refractivity contribution in [1.82, 2.24) is 14.1 Å². The average molecular weight is 453 g/mol. The van der Waals surface area contributed by atoms with E-state index in [0.29, 0.717) is 38.0 Å². The molecule has 0 aromatic heterocycles. The van der Waals surface area contributed by atoms with Crippen molar-refractivity contribution in [1.29, 1.82) is 5.26 Å². The second kappa shape index (κ2) is 9.41. The fourth-order valence-electron chi connectivity index (χ4n) is 4.40. The number of benzene rings is 2. The molecule has 2 aromatic rings. The van der Waals surface area contributed by atoms with Gasteiger partial charge in [-0.3, -0.25) is 9.69 Å². The summed E-state index contributed by atoms with van der Waals surface area (Å²) >= 11 is 0. The molecule has 1 atom stereocenters. The second-order valence-electron chi connectivity index (χ2n) is 8.50. The Bertz CT molecular complexity index is 1100. The van der Waals surface area contributed by atoms with E-state index in [1.54, 1.807) is 24.3 Å². The van der Waals surface area contributed by atoms with Crippen LogP contribution >= 0.6 is 0 Å². The van der Waals surface area contributed by atoms with Crippen molar-refractivity contribution < 1.29 is 13.2 Å². The lowest BCUT2D eigenvalue weighted by Crippen LogP contribution is -2.54. The molecule has 2 aliphatic rings. The van der Waals surface area contributed by atoms with Gasteiger partial charge < -0.3 is 4.90 Å². The maximum atomic E-state index is 13.2. The lowest BCUT2D eigenvalue weighted by molar-refractivity contribution is -0.136. The van der Waals surface area contributed by atoms with E-state index in [1.165, 1.54) is 4.31 Å². The highest BCUT2D eigenvalue weighted by Gasteiger charge is 2.41. The van der Waals surface area contributed by atoms with Crippen LogP contribution in [-0.2, 0) is 21.4 Å². The summed E-state index contributed by atoms with van der Waals surface area (Å²) in [5.74, 6) is -0.0868. The van der Waals surface area contributed by atoms with Crippen molar-refractivity contribution in [2.45, 2.75) is 37.2 Å². The van der Waals surface area contributed by atoms with E-state index in [0.717, 1.165) is 30.8 Å². The number of carbonyl (C=O) groups excluding carboxylic acids is 1. The van der Waals surface area contributed by atoms with E-state index in [-0.39, 0.29) is 10.8 Å². The van der Waals surface area contributed by atoms with E-state index < -0.39 is 16.1 Å². The summed E-state index contributed by atoms with van der Waals surface area (Å²) in [6.45, 7) is 5.72. The smallest absolute Gasteiger partial charge is 0.243 e. The molecule has 1 amide bonds. The summed E-state index contributed by atoms with van der Waals surface area (Å²) in [7, 11) is -3.69. The monoisotopic (exact) mass is 452 g/mol. The van der Waals surface area contributed by atoms with Gasteiger partial charge in [-0.15, -0.1) is 0 Å². The van der Waals surface area contributed by atoms with Crippen LogP contribution in [0, 0.1) is 18.3 Å². The highest BCUT2D eigenvalue weighted by atomic mass is 32.2. The number of nitrogens with zero attached hydrogens (tertiary/aromatic N) is 4. The molecule has 2 aliphatic heterocycles. The normalized spacial score (nSPS) is 20.2. The minimum Gasteiger partial charge on any atom is -0.339 e. The van der Waals surface area contributed by atoms with E-state index in [2.05, 4.69) is 11.0 Å². The van der Waals surface area contributed by atoms with Gasteiger partial charge in [-0.25, -0.2) is 8.42 Å². The summed E-state index contributed by atoms with van der Waals surface area (Å²) in [6, 6.07) is 15.9. The van der Waals surface area contributed by atoms with Gasteiger partial charge in [-0.05, 0) is 49.6 Å². The number of hydrogen-bond donors (Lipinski definition) is 0. The molecule has 0 saturated carbocycles. The standard InChI is InChI=1S/C24H28N4O3S/c1-19-4-10-22(11-5-19)32(30,31)28-12-2-3-23(28)24(29)27-15-13-26(14-16-27)18-21-8-6-20(17-25)7-9-21/h4-11,23H,2-3,12-16,18H2,1H3/t23-/m1/s1. The van der Waals surface area contributed by atoms with Gasteiger partial charge >= 0.3 is 0 Å². The molecule has 0 spiro atoms. The molecule has 0 bridgehead atoms. The minimum absolute atomic E-state index is 0.0868. The molecule has 0 radical (unpaired) electrons. The Hall–Kier alpha value is -2.73. The third-order valence-corrected chi connectivity index (χ3v) is 8.21. The minimum atomic E-state index is -3.69.